The Morgan fingerprint density at radius 2 is 2.18 bits per heavy atom. The summed E-state index contributed by atoms with van der Waals surface area (Å²) in [6.45, 7) is 6.28. The summed E-state index contributed by atoms with van der Waals surface area (Å²) in [7, 11) is 2.17. The van der Waals surface area contributed by atoms with Gasteiger partial charge in [-0.15, -0.1) is 0 Å². The summed E-state index contributed by atoms with van der Waals surface area (Å²) in [6, 6.07) is 6.68. The lowest BCUT2D eigenvalue weighted by atomic mass is 9.97. The molecule has 0 unspecified atom stereocenters. The lowest BCUT2D eigenvalue weighted by Crippen LogP contribution is -2.30. The molecule has 0 N–H and O–H groups in total. The fourth-order valence-electron chi connectivity index (χ4n) is 3.22. The molecular formula is C18H23ClN2O. The van der Waals surface area contributed by atoms with Crippen molar-refractivity contribution in [2.75, 3.05) is 20.2 Å². The maximum atomic E-state index is 6.12. The molecule has 0 spiro atoms. The number of aromatic nitrogens is 1. The fraction of sp³-hybridized carbons (Fsp3) is 0.500. The Balaban J connectivity index is 1.91. The van der Waals surface area contributed by atoms with Crippen molar-refractivity contribution in [1.82, 2.24) is 9.88 Å². The van der Waals surface area contributed by atoms with E-state index in [9.17, 15) is 0 Å². The molecule has 0 amide bonds. The molecule has 118 valence electrons. The third-order valence-corrected chi connectivity index (χ3v) is 4.79. The Labute approximate surface area is 137 Å². The van der Waals surface area contributed by atoms with Crippen LogP contribution in [0.3, 0.4) is 0 Å². The van der Waals surface area contributed by atoms with Gasteiger partial charge in [0.15, 0.2) is 0 Å². The van der Waals surface area contributed by atoms with Crippen LogP contribution in [0.15, 0.2) is 24.4 Å². The number of hydrogen-bond donors (Lipinski definition) is 0. The Bertz CT molecular complexity index is 671. The van der Waals surface area contributed by atoms with E-state index in [-0.39, 0.29) is 0 Å². The Morgan fingerprint density at radius 1 is 1.36 bits per heavy atom. The molecule has 0 saturated carbocycles. The number of hydrogen-bond acceptors (Lipinski definition) is 3. The van der Waals surface area contributed by atoms with Gasteiger partial charge in [-0.1, -0.05) is 31.5 Å². The molecule has 1 fully saturated rings. The number of likely N-dealkylation sites (N-methyl/N-ethyl adjacent to an activating group) is 1. The van der Waals surface area contributed by atoms with Gasteiger partial charge in [-0.05, 0) is 55.4 Å². The second-order valence-electron chi connectivity index (χ2n) is 6.45. The van der Waals surface area contributed by atoms with Gasteiger partial charge < -0.3 is 9.64 Å². The third kappa shape index (κ3) is 3.06. The van der Waals surface area contributed by atoms with Crippen LogP contribution < -0.4 is 4.74 Å². The second-order valence-corrected chi connectivity index (χ2v) is 6.84. The molecule has 1 aliphatic rings. The number of nitrogens with zero attached hydrogens (tertiary/aromatic N) is 2. The summed E-state index contributed by atoms with van der Waals surface area (Å²) in [6.07, 6.45) is 4.30. The second kappa shape index (κ2) is 6.43. The standard InChI is InChI=1S/C18H23ClN2O/c1-12(2)14-6-7-17(16-10-20-18(19)9-15(14)16)22-11-13-5-4-8-21(13)3/h6-7,9-10,12-13H,4-5,8,11H2,1-3H3/t13-/m0/s1. The van der Waals surface area contributed by atoms with Crippen LogP contribution in [0.5, 0.6) is 5.75 Å². The molecule has 1 aliphatic heterocycles. The number of halogens is 1. The number of pyridine rings is 1. The summed E-state index contributed by atoms with van der Waals surface area (Å²) >= 11 is 6.09. The van der Waals surface area contributed by atoms with Crippen molar-refractivity contribution >= 4 is 22.4 Å². The minimum atomic E-state index is 0.441. The van der Waals surface area contributed by atoms with E-state index in [0.717, 1.165) is 29.7 Å². The van der Waals surface area contributed by atoms with E-state index in [4.69, 9.17) is 16.3 Å². The monoisotopic (exact) mass is 318 g/mol. The Kier molecular flexibility index (Phi) is 4.55. The van der Waals surface area contributed by atoms with Crippen LogP contribution in [0.25, 0.3) is 10.8 Å². The summed E-state index contributed by atoms with van der Waals surface area (Å²) in [4.78, 5) is 6.61. The molecule has 1 aromatic carbocycles. The number of rotatable bonds is 4. The average molecular weight is 319 g/mol. The topological polar surface area (TPSA) is 25.4 Å². The van der Waals surface area contributed by atoms with Gasteiger partial charge in [-0.25, -0.2) is 4.98 Å². The molecule has 1 aromatic heterocycles. The molecule has 1 saturated heterocycles. The van der Waals surface area contributed by atoms with Crippen LogP contribution in [0.4, 0.5) is 0 Å². The lowest BCUT2D eigenvalue weighted by Gasteiger charge is -2.21. The SMILES string of the molecule is CC(C)c1ccc(OC[C@@H]2CCCN2C)c2cnc(Cl)cc12. The van der Waals surface area contributed by atoms with E-state index in [1.54, 1.807) is 0 Å². The maximum Gasteiger partial charge on any atom is 0.129 e. The van der Waals surface area contributed by atoms with Crippen molar-refractivity contribution in [3.05, 3.63) is 35.1 Å². The third-order valence-electron chi connectivity index (χ3n) is 4.59. The van der Waals surface area contributed by atoms with E-state index >= 15 is 0 Å². The van der Waals surface area contributed by atoms with Crippen molar-refractivity contribution in [3.8, 4) is 5.75 Å². The van der Waals surface area contributed by atoms with Crippen LogP contribution in [0.1, 0.15) is 38.2 Å². The first-order valence-electron chi connectivity index (χ1n) is 7.97. The maximum absolute atomic E-state index is 6.12. The quantitative estimate of drug-likeness (QED) is 0.777. The minimum absolute atomic E-state index is 0.441. The van der Waals surface area contributed by atoms with Crippen molar-refractivity contribution in [2.45, 2.75) is 38.6 Å². The van der Waals surface area contributed by atoms with Crippen molar-refractivity contribution in [1.29, 1.82) is 0 Å². The zero-order chi connectivity index (χ0) is 15.7. The van der Waals surface area contributed by atoms with Gasteiger partial charge in [0.1, 0.15) is 17.5 Å². The molecule has 1 atom stereocenters. The Morgan fingerprint density at radius 3 is 2.86 bits per heavy atom. The molecule has 0 aliphatic carbocycles. The predicted octanol–water partition coefficient (Wildman–Crippen LogP) is 4.48. The molecule has 22 heavy (non-hydrogen) atoms. The van der Waals surface area contributed by atoms with Crippen molar-refractivity contribution in [3.63, 3.8) is 0 Å². The van der Waals surface area contributed by atoms with Crippen molar-refractivity contribution in [2.24, 2.45) is 0 Å². The first-order valence-corrected chi connectivity index (χ1v) is 8.35. The number of ether oxygens (including phenoxy) is 1. The smallest absolute Gasteiger partial charge is 0.129 e. The molecule has 3 rings (SSSR count). The van der Waals surface area contributed by atoms with E-state index in [1.165, 1.54) is 18.4 Å². The largest absolute Gasteiger partial charge is 0.491 e. The van der Waals surface area contributed by atoms with Crippen LogP contribution in [-0.2, 0) is 0 Å². The summed E-state index contributed by atoms with van der Waals surface area (Å²) in [5.41, 5.74) is 1.28. The summed E-state index contributed by atoms with van der Waals surface area (Å²) in [5, 5.41) is 2.73. The number of benzene rings is 1. The van der Waals surface area contributed by atoms with Crippen LogP contribution in [-0.4, -0.2) is 36.1 Å². The average Bonchev–Trinajstić information content (AvgIpc) is 2.89. The highest BCUT2D eigenvalue weighted by Crippen LogP contribution is 2.33. The Hall–Kier alpha value is -1.32. The highest BCUT2D eigenvalue weighted by molar-refractivity contribution is 6.30. The van der Waals surface area contributed by atoms with E-state index in [0.29, 0.717) is 17.1 Å². The molecule has 2 aromatic rings. The zero-order valence-corrected chi connectivity index (χ0v) is 14.2. The molecule has 3 nitrogen and oxygen atoms in total. The summed E-state index contributed by atoms with van der Waals surface area (Å²) in [5.74, 6) is 1.35. The molecule has 4 heteroatoms. The van der Waals surface area contributed by atoms with Gasteiger partial charge in [0.2, 0.25) is 0 Å². The summed E-state index contributed by atoms with van der Waals surface area (Å²) < 4.78 is 6.12. The molecule has 0 radical (unpaired) electrons. The normalized spacial score (nSPS) is 19.2. The van der Waals surface area contributed by atoms with E-state index in [1.807, 2.05) is 12.3 Å². The highest BCUT2D eigenvalue weighted by Gasteiger charge is 2.21. The predicted molar refractivity (Wildman–Crippen MR) is 92.0 cm³/mol. The van der Waals surface area contributed by atoms with E-state index in [2.05, 4.69) is 42.9 Å². The number of fused-ring (bicyclic) bond motifs is 1. The van der Waals surface area contributed by atoms with Gasteiger partial charge in [0.25, 0.3) is 0 Å². The van der Waals surface area contributed by atoms with Gasteiger partial charge >= 0.3 is 0 Å². The minimum Gasteiger partial charge on any atom is -0.491 e. The molecule has 2 heterocycles. The lowest BCUT2D eigenvalue weighted by molar-refractivity contribution is 0.200. The van der Waals surface area contributed by atoms with E-state index < -0.39 is 0 Å². The first kappa shape index (κ1) is 15.6. The highest BCUT2D eigenvalue weighted by atomic mass is 35.5. The van der Waals surface area contributed by atoms with Crippen LogP contribution >= 0.6 is 11.6 Å². The van der Waals surface area contributed by atoms with Gasteiger partial charge in [-0.2, -0.15) is 0 Å². The number of likely N-dealkylation sites (tertiary alicyclic amines) is 1. The van der Waals surface area contributed by atoms with Gasteiger partial charge in [0, 0.05) is 17.6 Å². The van der Waals surface area contributed by atoms with Crippen molar-refractivity contribution < 1.29 is 4.74 Å². The fourth-order valence-corrected chi connectivity index (χ4v) is 3.37. The molecule has 0 bridgehead atoms. The first-order chi connectivity index (χ1) is 10.6. The van der Waals surface area contributed by atoms with Crippen LogP contribution in [0, 0.1) is 0 Å². The van der Waals surface area contributed by atoms with Crippen LogP contribution in [0.2, 0.25) is 5.15 Å². The van der Waals surface area contributed by atoms with Gasteiger partial charge in [-0.3, -0.25) is 0 Å². The molecular weight excluding hydrogens is 296 g/mol. The van der Waals surface area contributed by atoms with Gasteiger partial charge in [0.05, 0.1) is 0 Å². The zero-order valence-electron chi connectivity index (χ0n) is 13.5.